The number of rotatable bonds is 5. The van der Waals surface area contributed by atoms with E-state index in [-0.39, 0.29) is 5.82 Å². The lowest BCUT2D eigenvalue weighted by Crippen LogP contribution is -2.30. The molecule has 3 rings (SSSR count). The van der Waals surface area contributed by atoms with E-state index in [4.69, 9.17) is 17.0 Å². The van der Waals surface area contributed by atoms with Gasteiger partial charge in [-0.1, -0.05) is 12.1 Å². The van der Waals surface area contributed by atoms with Crippen LogP contribution in [0.15, 0.2) is 30.3 Å². The molecule has 126 valence electrons. The Morgan fingerprint density at radius 2 is 2.08 bits per heavy atom. The lowest BCUT2D eigenvalue weighted by atomic mass is 10.2. The normalized spacial score (nSPS) is 13.4. The molecule has 2 N–H and O–H groups in total. The number of carbonyl (C=O) groups excluding carboxylic acids is 1. The van der Waals surface area contributed by atoms with Gasteiger partial charge in [-0.25, -0.2) is 9.18 Å². The van der Waals surface area contributed by atoms with E-state index < -0.39 is 5.97 Å². The lowest BCUT2D eigenvalue weighted by molar-refractivity contribution is 0.0533. The second-order valence-electron chi connectivity index (χ2n) is 5.45. The molecule has 1 saturated carbocycles. The van der Waals surface area contributed by atoms with Crippen molar-refractivity contribution in [2.24, 2.45) is 0 Å². The highest BCUT2D eigenvalue weighted by atomic mass is 32.1. The summed E-state index contributed by atoms with van der Waals surface area (Å²) in [5.74, 6) is -0.693. The van der Waals surface area contributed by atoms with E-state index >= 15 is 0 Å². The van der Waals surface area contributed by atoms with E-state index in [0.717, 1.165) is 23.3 Å². The van der Waals surface area contributed by atoms with Gasteiger partial charge in [0.05, 0.1) is 12.3 Å². The van der Waals surface area contributed by atoms with Crippen LogP contribution >= 0.6 is 23.6 Å². The number of hydrogen-bond acceptors (Lipinski definition) is 4. The van der Waals surface area contributed by atoms with Crippen molar-refractivity contribution in [1.82, 2.24) is 5.32 Å². The van der Waals surface area contributed by atoms with Crippen molar-refractivity contribution in [2.45, 2.75) is 25.8 Å². The summed E-state index contributed by atoms with van der Waals surface area (Å²) < 4.78 is 18.2. The number of thiophene rings is 1. The topological polar surface area (TPSA) is 50.4 Å². The van der Waals surface area contributed by atoms with Crippen molar-refractivity contribution in [3.8, 4) is 10.4 Å². The van der Waals surface area contributed by atoms with Crippen LogP contribution in [0.25, 0.3) is 10.4 Å². The number of carbonyl (C=O) groups is 1. The summed E-state index contributed by atoms with van der Waals surface area (Å²) in [6.07, 6.45) is 2.22. The van der Waals surface area contributed by atoms with Crippen LogP contribution in [0.5, 0.6) is 0 Å². The van der Waals surface area contributed by atoms with Crippen molar-refractivity contribution in [1.29, 1.82) is 0 Å². The first-order valence-corrected chi connectivity index (χ1v) is 8.93. The average molecular weight is 364 g/mol. The molecule has 0 atom stereocenters. The molecule has 0 amide bonds. The Morgan fingerprint density at radius 3 is 2.71 bits per heavy atom. The van der Waals surface area contributed by atoms with Crippen molar-refractivity contribution in [2.75, 3.05) is 11.9 Å². The molecule has 0 saturated heterocycles. The molecular weight excluding hydrogens is 347 g/mol. The molecule has 0 aliphatic heterocycles. The molecule has 1 fully saturated rings. The van der Waals surface area contributed by atoms with Gasteiger partial charge in [-0.2, -0.15) is 0 Å². The highest BCUT2D eigenvalue weighted by Gasteiger charge is 2.23. The van der Waals surface area contributed by atoms with Gasteiger partial charge in [0.25, 0.3) is 0 Å². The third kappa shape index (κ3) is 4.10. The third-order valence-electron chi connectivity index (χ3n) is 3.48. The zero-order valence-electron chi connectivity index (χ0n) is 13.1. The molecule has 0 unspecified atom stereocenters. The maximum atomic E-state index is 13.1. The zero-order chi connectivity index (χ0) is 17.1. The van der Waals surface area contributed by atoms with Crippen LogP contribution in [-0.4, -0.2) is 23.7 Å². The monoisotopic (exact) mass is 364 g/mol. The predicted molar refractivity (Wildman–Crippen MR) is 98.0 cm³/mol. The Morgan fingerprint density at radius 1 is 1.38 bits per heavy atom. The molecule has 0 bridgehead atoms. The van der Waals surface area contributed by atoms with Crippen molar-refractivity contribution >= 4 is 40.3 Å². The van der Waals surface area contributed by atoms with Gasteiger partial charge in [0.15, 0.2) is 5.11 Å². The number of ether oxygens (including phenoxy) is 1. The maximum absolute atomic E-state index is 13.1. The number of esters is 1. The van der Waals surface area contributed by atoms with Gasteiger partial charge in [-0.05, 0) is 55.7 Å². The molecule has 0 spiro atoms. The second-order valence-corrected chi connectivity index (χ2v) is 6.91. The van der Waals surface area contributed by atoms with Crippen LogP contribution in [0.2, 0.25) is 0 Å². The first-order chi connectivity index (χ1) is 11.6. The Hall–Kier alpha value is -1.99. The van der Waals surface area contributed by atoms with E-state index in [1.54, 1.807) is 19.1 Å². The summed E-state index contributed by atoms with van der Waals surface area (Å²) in [6, 6.07) is 8.41. The molecule has 0 radical (unpaired) electrons. The molecule has 7 heteroatoms. The fourth-order valence-corrected chi connectivity index (χ4v) is 3.45. The zero-order valence-corrected chi connectivity index (χ0v) is 14.7. The summed E-state index contributed by atoms with van der Waals surface area (Å²) >= 11 is 6.58. The number of benzene rings is 1. The summed E-state index contributed by atoms with van der Waals surface area (Å²) in [6.45, 7) is 2.06. The molecule has 1 aliphatic carbocycles. The van der Waals surface area contributed by atoms with Crippen LogP contribution in [0, 0.1) is 5.82 Å². The summed E-state index contributed by atoms with van der Waals surface area (Å²) in [5, 5.41) is 6.75. The first kappa shape index (κ1) is 16.9. The number of halogens is 1. The van der Waals surface area contributed by atoms with E-state index in [0.29, 0.717) is 28.3 Å². The van der Waals surface area contributed by atoms with Gasteiger partial charge in [0.2, 0.25) is 0 Å². The minimum atomic E-state index is -0.396. The van der Waals surface area contributed by atoms with Crippen molar-refractivity contribution < 1.29 is 13.9 Å². The quantitative estimate of drug-likeness (QED) is 0.616. The smallest absolute Gasteiger partial charge is 0.350 e. The Kier molecular flexibility index (Phi) is 5.11. The molecular formula is C17H17FN2O2S2. The predicted octanol–water partition coefficient (Wildman–Crippen LogP) is 4.18. The lowest BCUT2D eigenvalue weighted by Gasteiger charge is -2.09. The molecule has 1 aromatic heterocycles. The van der Waals surface area contributed by atoms with Crippen molar-refractivity contribution in [3.63, 3.8) is 0 Å². The SMILES string of the molecule is CCOC(=O)c1sc(-c2ccc(F)cc2)cc1NC(=S)NC1CC1. The van der Waals surface area contributed by atoms with Gasteiger partial charge in [-0.3, -0.25) is 0 Å². The number of anilines is 1. The summed E-state index contributed by atoms with van der Waals surface area (Å²) in [7, 11) is 0. The second kappa shape index (κ2) is 7.27. The van der Waals surface area contributed by atoms with E-state index in [9.17, 15) is 9.18 Å². The first-order valence-electron chi connectivity index (χ1n) is 7.71. The Balaban J connectivity index is 1.87. The largest absolute Gasteiger partial charge is 0.462 e. The van der Waals surface area contributed by atoms with Crippen molar-refractivity contribution in [3.05, 3.63) is 41.0 Å². The van der Waals surface area contributed by atoms with Crippen LogP contribution in [0.3, 0.4) is 0 Å². The third-order valence-corrected chi connectivity index (χ3v) is 4.87. The van der Waals surface area contributed by atoms with E-state index in [1.807, 2.05) is 6.07 Å². The molecule has 1 aromatic carbocycles. The Labute approximate surface area is 149 Å². The van der Waals surface area contributed by atoms with Crippen LogP contribution in [-0.2, 0) is 4.74 Å². The minimum Gasteiger partial charge on any atom is -0.462 e. The van der Waals surface area contributed by atoms with Gasteiger partial charge < -0.3 is 15.4 Å². The Bertz CT molecular complexity index is 754. The number of hydrogen-bond donors (Lipinski definition) is 2. The fraction of sp³-hybridized carbons (Fsp3) is 0.294. The van der Waals surface area contributed by atoms with Crippen LogP contribution in [0.4, 0.5) is 10.1 Å². The van der Waals surface area contributed by atoms with E-state index in [2.05, 4.69) is 10.6 Å². The summed E-state index contributed by atoms with van der Waals surface area (Å²) in [5.41, 5.74) is 1.44. The molecule has 1 heterocycles. The van der Waals surface area contributed by atoms with Gasteiger partial charge in [-0.15, -0.1) is 11.3 Å². The van der Waals surface area contributed by atoms with Gasteiger partial charge >= 0.3 is 5.97 Å². The highest BCUT2D eigenvalue weighted by molar-refractivity contribution is 7.80. The molecule has 2 aromatic rings. The van der Waals surface area contributed by atoms with Crippen LogP contribution < -0.4 is 10.6 Å². The number of thiocarbonyl (C=S) groups is 1. The molecule has 1 aliphatic rings. The van der Waals surface area contributed by atoms with Gasteiger partial charge in [0, 0.05) is 10.9 Å². The minimum absolute atomic E-state index is 0.297. The van der Waals surface area contributed by atoms with Crippen LogP contribution in [0.1, 0.15) is 29.4 Å². The summed E-state index contributed by atoms with van der Waals surface area (Å²) in [4.78, 5) is 13.5. The number of nitrogens with one attached hydrogen (secondary N) is 2. The molecule has 4 nitrogen and oxygen atoms in total. The van der Waals surface area contributed by atoms with Gasteiger partial charge in [0.1, 0.15) is 10.7 Å². The average Bonchev–Trinajstić information content (AvgIpc) is 3.25. The molecule has 24 heavy (non-hydrogen) atoms. The highest BCUT2D eigenvalue weighted by Crippen LogP contribution is 2.35. The standard InChI is InChI=1S/C17H17FN2O2S2/c1-2-22-16(21)15-13(20-17(23)19-12-7-8-12)9-14(24-15)10-3-5-11(18)6-4-10/h3-6,9,12H,2,7-8H2,1H3,(H2,19,20,23). The fourth-order valence-electron chi connectivity index (χ4n) is 2.16. The maximum Gasteiger partial charge on any atom is 0.350 e. The van der Waals surface area contributed by atoms with E-state index in [1.165, 1.54) is 23.5 Å².